The molecule has 180 valence electrons. The molecule has 0 aromatic heterocycles. The number of Topliss-reactive ketones (excluding diaryl/α,β-unsaturated/α-hetero) is 1. The molecule has 0 spiro atoms. The van der Waals surface area contributed by atoms with Crippen molar-refractivity contribution in [3.63, 3.8) is 0 Å². The molecular weight excluding hydrogens is 474 g/mol. The lowest BCUT2D eigenvalue weighted by Gasteiger charge is -2.10. The summed E-state index contributed by atoms with van der Waals surface area (Å²) in [5, 5.41) is 21.1. The fourth-order valence-corrected chi connectivity index (χ4v) is 4.01. The molecule has 0 radical (unpaired) electrons. The number of ether oxygens (including phenoxy) is 2. The lowest BCUT2D eigenvalue weighted by molar-refractivity contribution is 0.0692. The fraction of sp³-hybridized carbons (Fsp3) is 0.120. The van der Waals surface area contributed by atoms with E-state index in [0.29, 0.717) is 27.6 Å². The molecule has 1 amide bonds. The van der Waals surface area contributed by atoms with Crippen LogP contribution in [0.15, 0.2) is 65.6 Å². The molecule has 3 aromatic rings. The normalized spacial score (nSPS) is 10.3. The van der Waals surface area contributed by atoms with E-state index in [9.17, 15) is 24.3 Å². The summed E-state index contributed by atoms with van der Waals surface area (Å²) in [6.45, 7) is 0. The zero-order valence-electron chi connectivity index (χ0n) is 18.7. The summed E-state index contributed by atoms with van der Waals surface area (Å²) in [5.74, 6) is -2.46. The third-order valence-electron chi connectivity index (χ3n) is 4.91. The van der Waals surface area contributed by atoms with Gasteiger partial charge in [0, 0.05) is 16.1 Å². The maximum absolute atomic E-state index is 12.7. The molecule has 0 atom stereocenters. The number of carboxylic acids is 2. The molecular formula is C25H21NO8S. The van der Waals surface area contributed by atoms with E-state index in [1.54, 1.807) is 42.5 Å². The summed E-state index contributed by atoms with van der Waals surface area (Å²) < 4.78 is 10.4. The summed E-state index contributed by atoms with van der Waals surface area (Å²) in [5.41, 5.74) is 0.0111. The first kappa shape index (κ1) is 25.3. The number of anilines is 1. The Labute approximate surface area is 204 Å². The Morgan fingerprint density at radius 1 is 0.800 bits per heavy atom. The van der Waals surface area contributed by atoms with Crippen molar-refractivity contribution in [3.05, 3.63) is 82.9 Å². The monoisotopic (exact) mass is 495 g/mol. The standard InChI is InChI=1S/C25H21NO8S/c1-33-21-9-7-14(11-22(21)34-2)20(27)13-35-17-5-3-4-16(12-17)26-23(28)18-8-6-15(24(29)30)10-19(18)25(31)32/h3-12H,13H2,1-2H3,(H,26,28)(H,29,30)(H,31,32). The van der Waals surface area contributed by atoms with Gasteiger partial charge in [-0.3, -0.25) is 9.59 Å². The summed E-state index contributed by atoms with van der Waals surface area (Å²) >= 11 is 1.26. The lowest BCUT2D eigenvalue weighted by atomic mass is 10.0. The van der Waals surface area contributed by atoms with Gasteiger partial charge in [0.1, 0.15) is 0 Å². The molecule has 0 bridgehead atoms. The van der Waals surface area contributed by atoms with Crippen molar-refractivity contribution in [2.45, 2.75) is 4.90 Å². The van der Waals surface area contributed by atoms with Crippen LogP contribution in [0.25, 0.3) is 0 Å². The second-order valence-electron chi connectivity index (χ2n) is 7.13. The largest absolute Gasteiger partial charge is 0.493 e. The number of nitrogens with one attached hydrogen (secondary N) is 1. The van der Waals surface area contributed by atoms with Crippen LogP contribution < -0.4 is 14.8 Å². The molecule has 0 saturated heterocycles. The maximum atomic E-state index is 12.7. The number of hydrogen-bond donors (Lipinski definition) is 3. The first-order valence-electron chi connectivity index (χ1n) is 10.1. The number of aromatic carboxylic acids is 2. The molecule has 0 heterocycles. The third kappa shape index (κ3) is 6.18. The number of carboxylic acid groups (broad SMARTS) is 2. The van der Waals surface area contributed by atoms with Crippen molar-refractivity contribution in [3.8, 4) is 11.5 Å². The van der Waals surface area contributed by atoms with Gasteiger partial charge in [-0.2, -0.15) is 0 Å². The first-order valence-corrected chi connectivity index (χ1v) is 11.1. The van der Waals surface area contributed by atoms with E-state index >= 15 is 0 Å². The summed E-state index contributed by atoms with van der Waals surface area (Å²) in [7, 11) is 3.00. The second kappa shape index (κ2) is 11.2. The van der Waals surface area contributed by atoms with Gasteiger partial charge < -0.3 is 25.0 Å². The van der Waals surface area contributed by atoms with Crippen molar-refractivity contribution in [2.24, 2.45) is 0 Å². The number of thioether (sulfide) groups is 1. The van der Waals surface area contributed by atoms with Gasteiger partial charge >= 0.3 is 11.9 Å². The predicted molar refractivity (Wildman–Crippen MR) is 129 cm³/mol. The zero-order chi connectivity index (χ0) is 25.5. The van der Waals surface area contributed by atoms with Gasteiger partial charge in [0.05, 0.1) is 36.7 Å². The van der Waals surface area contributed by atoms with Crippen LogP contribution >= 0.6 is 11.8 Å². The summed E-state index contributed by atoms with van der Waals surface area (Å²) in [6.07, 6.45) is 0. The number of benzene rings is 3. The van der Waals surface area contributed by atoms with Gasteiger partial charge in [-0.25, -0.2) is 9.59 Å². The van der Waals surface area contributed by atoms with Crippen LogP contribution in [0.4, 0.5) is 5.69 Å². The minimum absolute atomic E-state index is 0.130. The van der Waals surface area contributed by atoms with E-state index in [2.05, 4.69) is 5.32 Å². The SMILES string of the molecule is COc1ccc(C(=O)CSc2cccc(NC(=O)c3ccc(C(=O)O)cc3C(=O)O)c2)cc1OC. The zero-order valence-corrected chi connectivity index (χ0v) is 19.5. The summed E-state index contributed by atoms with van der Waals surface area (Å²) in [6, 6.07) is 14.9. The number of rotatable bonds is 10. The molecule has 3 aromatic carbocycles. The first-order chi connectivity index (χ1) is 16.7. The average molecular weight is 496 g/mol. The summed E-state index contributed by atoms with van der Waals surface area (Å²) in [4.78, 5) is 48.7. The molecule has 35 heavy (non-hydrogen) atoms. The van der Waals surface area contributed by atoms with Crippen LogP contribution in [0.2, 0.25) is 0 Å². The van der Waals surface area contributed by atoms with Gasteiger partial charge in [0.25, 0.3) is 5.91 Å². The van der Waals surface area contributed by atoms with E-state index in [-0.39, 0.29) is 22.7 Å². The molecule has 10 heteroatoms. The number of ketones is 1. The number of methoxy groups -OCH3 is 2. The van der Waals surface area contributed by atoms with Crippen LogP contribution in [-0.4, -0.2) is 53.8 Å². The highest BCUT2D eigenvalue weighted by Crippen LogP contribution is 2.29. The van der Waals surface area contributed by atoms with E-state index in [1.807, 2.05) is 0 Å². The van der Waals surface area contributed by atoms with Crippen LogP contribution in [0.3, 0.4) is 0 Å². The Hall–Kier alpha value is -4.31. The van der Waals surface area contributed by atoms with Crippen molar-refractivity contribution in [2.75, 3.05) is 25.3 Å². The number of carbonyl (C=O) groups excluding carboxylic acids is 2. The minimum Gasteiger partial charge on any atom is -0.493 e. The van der Waals surface area contributed by atoms with Gasteiger partial charge in [-0.05, 0) is 54.6 Å². The topological polar surface area (TPSA) is 139 Å². The average Bonchev–Trinajstić information content (AvgIpc) is 2.86. The van der Waals surface area contributed by atoms with E-state index < -0.39 is 23.4 Å². The number of hydrogen-bond acceptors (Lipinski definition) is 7. The molecule has 0 aliphatic carbocycles. The Balaban J connectivity index is 1.71. The van der Waals surface area contributed by atoms with E-state index in [1.165, 1.54) is 26.0 Å². The van der Waals surface area contributed by atoms with Gasteiger partial charge in [-0.15, -0.1) is 11.8 Å². The van der Waals surface area contributed by atoms with Crippen molar-refractivity contribution < 1.29 is 38.9 Å². The molecule has 0 unspecified atom stereocenters. The molecule has 0 fully saturated rings. The minimum atomic E-state index is -1.42. The van der Waals surface area contributed by atoms with Crippen LogP contribution in [-0.2, 0) is 0 Å². The molecule has 3 N–H and O–H groups in total. The highest BCUT2D eigenvalue weighted by Gasteiger charge is 2.19. The maximum Gasteiger partial charge on any atom is 0.336 e. The fourth-order valence-electron chi connectivity index (χ4n) is 3.16. The third-order valence-corrected chi connectivity index (χ3v) is 5.90. The molecule has 9 nitrogen and oxygen atoms in total. The molecule has 0 aliphatic rings. The highest BCUT2D eigenvalue weighted by molar-refractivity contribution is 8.00. The molecule has 0 aliphatic heterocycles. The van der Waals surface area contributed by atoms with Crippen molar-refractivity contribution >= 4 is 41.1 Å². The van der Waals surface area contributed by atoms with Crippen LogP contribution in [0.5, 0.6) is 11.5 Å². The molecule has 0 saturated carbocycles. The van der Waals surface area contributed by atoms with Gasteiger partial charge in [-0.1, -0.05) is 6.07 Å². The smallest absolute Gasteiger partial charge is 0.336 e. The van der Waals surface area contributed by atoms with Crippen molar-refractivity contribution in [1.29, 1.82) is 0 Å². The Bertz CT molecular complexity index is 1300. The van der Waals surface area contributed by atoms with E-state index in [4.69, 9.17) is 14.6 Å². The van der Waals surface area contributed by atoms with E-state index in [0.717, 1.165) is 18.2 Å². The Morgan fingerprint density at radius 3 is 2.17 bits per heavy atom. The van der Waals surface area contributed by atoms with Crippen LogP contribution in [0, 0.1) is 0 Å². The number of amides is 1. The number of carbonyl (C=O) groups is 4. The highest BCUT2D eigenvalue weighted by atomic mass is 32.2. The van der Waals surface area contributed by atoms with Crippen LogP contribution in [0.1, 0.15) is 41.4 Å². The predicted octanol–water partition coefficient (Wildman–Crippen LogP) is 4.33. The van der Waals surface area contributed by atoms with Gasteiger partial charge in [0.15, 0.2) is 17.3 Å². The lowest BCUT2D eigenvalue weighted by Crippen LogP contribution is -2.17. The quantitative estimate of drug-likeness (QED) is 0.277. The molecule has 3 rings (SSSR count). The van der Waals surface area contributed by atoms with Crippen molar-refractivity contribution in [1.82, 2.24) is 0 Å². The van der Waals surface area contributed by atoms with Gasteiger partial charge in [0.2, 0.25) is 0 Å². The Morgan fingerprint density at radius 2 is 1.51 bits per heavy atom. The second-order valence-corrected chi connectivity index (χ2v) is 8.18. The Kier molecular flexibility index (Phi) is 8.11.